The predicted molar refractivity (Wildman–Crippen MR) is 88.6 cm³/mol. The van der Waals surface area contributed by atoms with Gasteiger partial charge in [0.25, 0.3) is 5.19 Å². The first kappa shape index (κ1) is 15.5. The van der Waals surface area contributed by atoms with Crippen molar-refractivity contribution in [3.63, 3.8) is 0 Å². The van der Waals surface area contributed by atoms with E-state index < -0.39 is 0 Å². The Morgan fingerprint density at radius 3 is 2.70 bits per heavy atom. The maximum atomic E-state index is 11.9. The maximum Gasteiger partial charge on any atom is 0.339 e. The fourth-order valence-electron chi connectivity index (χ4n) is 2.35. The van der Waals surface area contributed by atoms with Gasteiger partial charge in [-0.05, 0) is 38.5 Å². The Morgan fingerprint density at radius 1 is 1.22 bits per heavy atom. The Morgan fingerprint density at radius 2 is 2.00 bits per heavy atom. The highest BCUT2D eigenvalue weighted by Crippen LogP contribution is 2.36. The Bertz CT molecular complexity index is 930. The first-order chi connectivity index (χ1) is 11.0. The number of hydrogen-bond acceptors (Lipinski definition) is 7. The lowest BCUT2D eigenvalue weighted by Gasteiger charge is -2.10. The van der Waals surface area contributed by atoms with Crippen molar-refractivity contribution in [2.75, 3.05) is 13.7 Å². The average molecular weight is 332 g/mol. The number of benzene rings is 1. The van der Waals surface area contributed by atoms with Gasteiger partial charge >= 0.3 is 5.63 Å². The fraction of sp³-hybridized carbons (Fsp3) is 0.312. The second-order valence-electron chi connectivity index (χ2n) is 5.00. The summed E-state index contributed by atoms with van der Waals surface area (Å²) in [6, 6.07) is 3.65. The summed E-state index contributed by atoms with van der Waals surface area (Å²) in [4.78, 5) is 11.9. The van der Waals surface area contributed by atoms with Crippen molar-refractivity contribution in [2.24, 2.45) is 0 Å². The van der Waals surface area contributed by atoms with Crippen LogP contribution < -0.4 is 15.1 Å². The van der Waals surface area contributed by atoms with Crippen LogP contribution in [0.3, 0.4) is 0 Å². The third-order valence-electron chi connectivity index (χ3n) is 3.65. The van der Waals surface area contributed by atoms with E-state index in [4.69, 9.17) is 13.9 Å². The van der Waals surface area contributed by atoms with Crippen molar-refractivity contribution in [3.05, 3.63) is 33.7 Å². The van der Waals surface area contributed by atoms with Crippen molar-refractivity contribution in [3.8, 4) is 21.5 Å². The summed E-state index contributed by atoms with van der Waals surface area (Å²) < 4.78 is 16.3. The summed E-state index contributed by atoms with van der Waals surface area (Å²) in [7, 11) is 1.59. The van der Waals surface area contributed by atoms with E-state index in [1.54, 1.807) is 20.1 Å². The van der Waals surface area contributed by atoms with Crippen LogP contribution in [0.4, 0.5) is 0 Å². The average Bonchev–Trinajstić information content (AvgIpc) is 3.00. The highest BCUT2D eigenvalue weighted by Gasteiger charge is 2.16. The molecule has 0 atom stereocenters. The van der Waals surface area contributed by atoms with Crippen LogP contribution in [0.2, 0.25) is 0 Å². The molecule has 0 saturated carbocycles. The predicted octanol–water partition coefficient (Wildman–Crippen LogP) is 3.34. The Hall–Kier alpha value is -2.41. The standard InChI is InChI=1S/C16H16N2O4S/c1-5-21-16-18-17-14(23-16)10-6-11(20-4)13-8(2)9(3)15(19)22-12(13)7-10/h6-7H,5H2,1-4H3. The van der Waals surface area contributed by atoms with Gasteiger partial charge < -0.3 is 13.9 Å². The largest absolute Gasteiger partial charge is 0.496 e. The number of methoxy groups -OCH3 is 1. The number of ether oxygens (including phenoxy) is 2. The fourth-order valence-corrected chi connectivity index (χ4v) is 3.09. The van der Waals surface area contributed by atoms with Crippen molar-refractivity contribution < 1.29 is 13.9 Å². The van der Waals surface area contributed by atoms with Gasteiger partial charge in [0, 0.05) is 11.1 Å². The number of aryl methyl sites for hydroxylation is 1. The van der Waals surface area contributed by atoms with E-state index in [1.807, 2.05) is 19.9 Å². The lowest BCUT2D eigenvalue weighted by Crippen LogP contribution is -2.06. The molecule has 0 radical (unpaired) electrons. The second-order valence-corrected chi connectivity index (χ2v) is 5.94. The van der Waals surface area contributed by atoms with Crippen molar-refractivity contribution in [1.29, 1.82) is 0 Å². The summed E-state index contributed by atoms with van der Waals surface area (Å²) in [5.74, 6) is 0.634. The molecule has 0 N–H and O–H groups in total. The SMILES string of the molecule is CCOc1nnc(-c2cc(OC)c3c(C)c(C)c(=O)oc3c2)s1. The van der Waals surface area contributed by atoms with Crippen LogP contribution in [0.15, 0.2) is 21.3 Å². The number of aromatic nitrogens is 2. The van der Waals surface area contributed by atoms with Gasteiger partial charge in [0.15, 0.2) is 5.01 Å². The minimum absolute atomic E-state index is 0.346. The number of hydrogen-bond donors (Lipinski definition) is 0. The molecule has 3 rings (SSSR count). The molecular weight excluding hydrogens is 316 g/mol. The van der Waals surface area contributed by atoms with Gasteiger partial charge in [-0.15, -0.1) is 5.10 Å². The summed E-state index contributed by atoms with van der Waals surface area (Å²) in [6.07, 6.45) is 0. The molecule has 2 aromatic heterocycles. The first-order valence-electron chi connectivity index (χ1n) is 7.13. The number of rotatable bonds is 4. The van der Waals surface area contributed by atoms with Crippen LogP contribution in [-0.2, 0) is 0 Å². The van der Waals surface area contributed by atoms with Gasteiger partial charge in [0.2, 0.25) is 0 Å². The monoisotopic (exact) mass is 332 g/mol. The van der Waals surface area contributed by atoms with E-state index in [0.717, 1.165) is 16.5 Å². The molecule has 0 fully saturated rings. The molecule has 0 spiro atoms. The van der Waals surface area contributed by atoms with Crippen LogP contribution in [0, 0.1) is 13.8 Å². The smallest absolute Gasteiger partial charge is 0.339 e. The van der Waals surface area contributed by atoms with Crippen LogP contribution in [0.25, 0.3) is 21.5 Å². The van der Waals surface area contributed by atoms with Crippen molar-refractivity contribution in [2.45, 2.75) is 20.8 Å². The number of fused-ring (bicyclic) bond motifs is 1. The second kappa shape index (κ2) is 6.00. The lowest BCUT2D eigenvalue weighted by atomic mass is 10.0. The summed E-state index contributed by atoms with van der Waals surface area (Å²) in [5, 5.41) is 10.1. The molecule has 2 heterocycles. The highest BCUT2D eigenvalue weighted by molar-refractivity contribution is 7.16. The quantitative estimate of drug-likeness (QED) is 0.682. The Kier molecular flexibility index (Phi) is 4.04. The van der Waals surface area contributed by atoms with E-state index in [1.165, 1.54) is 11.3 Å². The minimum Gasteiger partial charge on any atom is -0.496 e. The van der Waals surface area contributed by atoms with Crippen LogP contribution >= 0.6 is 11.3 Å². The molecule has 0 unspecified atom stereocenters. The molecule has 0 aliphatic rings. The van der Waals surface area contributed by atoms with E-state index in [0.29, 0.717) is 33.7 Å². The van der Waals surface area contributed by atoms with Gasteiger partial charge in [-0.2, -0.15) is 0 Å². The van der Waals surface area contributed by atoms with Crippen LogP contribution in [0.5, 0.6) is 10.9 Å². The Balaban J connectivity index is 2.23. The molecule has 7 heteroatoms. The van der Waals surface area contributed by atoms with E-state index >= 15 is 0 Å². The summed E-state index contributed by atoms with van der Waals surface area (Å²) in [6.45, 7) is 6.05. The molecule has 23 heavy (non-hydrogen) atoms. The van der Waals surface area contributed by atoms with Gasteiger partial charge in [-0.1, -0.05) is 16.4 Å². The topological polar surface area (TPSA) is 74.5 Å². The van der Waals surface area contributed by atoms with Gasteiger partial charge in [0.1, 0.15) is 11.3 Å². The zero-order chi connectivity index (χ0) is 16.6. The third kappa shape index (κ3) is 2.68. The van der Waals surface area contributed by atoms with Gasteiger partial charge in [-0.3, -0.25) is 0 Å². The maximum absolute atomic E-state index is 11.9. The Labute approximate surface area is 136 Å². The molecule has 0 aliphatic heterocycles. The molecule has 0 aliphatic carbocycles. The minimum atomic E-state index is -0.346. The first-order valence-corrected chi connectivity index (χ1v) is 7.95. The van der Waals surface area contributed by atoms with Crippen molar-refractivity contribution >= 4 is 22.3 Å². The zero-order valence-corrected chi connectivity index (χ0v) is 14.1. The number of nitrogens with zero attached hydrogens (tertiary/aromatic N) is 2. The molecular formula is C16H16N2O4S. The van der Waals surface area contributed by atoms with E-state index in [-0.39, 0.29) is 5.63 Å². The normalized spacial score (nSPS) is 11.0. The molecule has 120 valence electrons. The van der Waals surface area contributed by atoms with Gasteiger partial charge in [-0.25, -0.2) is 4.79 Å². The third-order valence-corrected chi connectivity index (χ3v) is 4.54. The molecule has 0 bridgehead atoms. The molecule has 6 nitrogen and oxygen atoms in total. The molecule has 0 amide bonds. The highest BCUT2D eigenvalue weighted by atomic mass is 32.1. The summed E-state index contributed by atoms with van der Waals surface area (Å²) in [5.41, 5.74) is 2.33. The van der Waals surface area contributed by atoms with Crippen molar-refractivity contribution in [1.82, 2.24) is 10.2 Å². The van der Waals surface area contributed by atoms with E-state index in [2.05, 4.69) is 10.2 Å². The molecule has 1 aromatic carbocycles. The summed E-state index contributed by atoms with van der Waals surface area (Å²) >= 11 is 1.33. The van der Waals surface area contributed by atoms with Crippen LogP contribution in [-0.4, -0.2) is 23.9 Å². The molecule has 3 aromatic rings. The lowest BCUT2D eigenvalue weighted by molar-refractivity contribution is 0.335. The van der Waals surface area contributed by atoms with Gasteiger partial charge in [0.05, 0.1) is 19.1 Å². The van der Waals surface area contributed by atoms with E-state index in [9.17, 15) is 4.79 Å². The molecule has 0 saturated heterocycles. The zero-order valence-electron chi connectivity index (χ0n) is 13.3. The van der Waals surface area contributed by atoms with Crippen LogP contribution in [0.1, 0.15) is 18.1 Å².